The molecule has 6 heteroatoms. The minimum Gasteiger partial charge on any atom is -0.375 e. The van der Waals surface area contributed by atoms with Crippen LogP contribution >= 0.6 is 11.5 Å². The minimum absolute atomic E-state index is 0.163. The van der Waals surface area contributed by atoms with Crippen molar-refractivity contribution in [3.8, 4) is 0 Å². The molecule has 0 radical (unpaired) electrons. The third kappa shape index (κ3) is 4.66. The third-order valence-electron chi connectivity index (χ3n) is 1.47. The van der Waals surface area contributed by atoms with Gasteiger partial charge in [0.2, 0.25) is 0 Å². The van der Waals surface area contributed by atoms with Gasteiger partial charge >= 0.3 is 0 Å². The van der Waals surface area contributed by atoms with Crippen LogP contribution in [-0.2, 0) is 4.74 Å². The quantitative estimate of drug-likeness (QED) is 0.578. The second-order valence-electron chi connectivity index (χ2n) is 3.05. The Kier molecular flexibility index (Phi) is 4.92. The number of aromatic nitrogens is 2. The van der Waals surface area contributed by atoms with Crippen LogP contribution in [0.25, 0.3) is 0 Å². The Bertz CT molecular complexity index is 324. The fraction of sp³-hybridized carbons (Fsp3) is 0.444. The van der Waals surface area contributed by atoms with Crippen molar-refractivity contribution in [1.82, 2.24) is 14.9 Å². The summed E-state index contributed by atoms with van der Waals surface area (Å²) in [5.41, 5.74) is 0.966. The van der Waals surface area contributed by atoms with Gasteiger partial charge in [-0.1, -0.05) is 16.6 Å². The highest BCUT2D eigenvalue weighted by Gasteiger charge is 2.06. The third-order valence-corrected chi connectivity index (χ3v) is 2.13. The Morgan fingerprint density at radius 1 is 1.73 bits per heavy atom. The molecule has 0 aliphatic carbocycles. The first-order chi connectivity index (χ1) is 7.20. The Balaban J connectivity index is 2.10. The molecule has 1 heterocycles. The normalized spacial score (nSPS) is 9.93. The zero-order valence-corrected chi connectivity index (χ0v) is 9.34. The molecule has 1 amide bonds. The molecule has 0 atom stereocenters. The number of amides is 1. The van der Waals surface area contributed by atoms with Crippen LogP contribution in [0.4, 0.5) is 0 Å². The fourth-order valence-corrected chi connectivity index (χ4v) is 1.27. The molecule has 0 fully saturated rings. The summed E-state index contributed by atoms with van der Waals surface area (Å²) in [5.74, 6) is -0.163. The lowest BCUT2D eigenvalue weighted by molar-refractivity contribution is 0.0930. The Labute approximate surface area is 92.3 Å². The zero-order valence-electron chi connectivity index (χ0n) is 8.52. The van der Waals surface area contributed by atoms with Gasteiger partial charge in [-0.3, -0.25) is 4.79 Å². The van der Waals surface area contributed by atoms with E-state index in [1.165, 1.54) is 6.20 Å². The molecular weight excluding hydrogens is 214 g/mol. The number of ether oxygens (including phenoxy) is 1. The Morgan fingerprint density at radius 3 is 3.13 bits per heavy atom. The van der Waals surface area contributed by atoms with Crippen molar-refractivity contribution in [1.29, 1.82) is 0 Å². The lowest BCUT2D eigenvalue weighted by Gasteiger charge is -2.04. The van der Waals surface area contributed by atoms with E-state index in [2.05, 4.69) is 21.5 Å². The molecule has 0 saturated heterocycles. The van der Waals surface area contributed by atoms with E-state index < -0.39 is 0 Å². The average Bonchev–Trinajstić information content (AvgIpc) is 2.69. The van der Waals surface area contributed by atoms with Crippen molar-refractivity contribution in [3.63, 3.8) is 0 Å². The molecule has 1 aromatic rings. The van der Waals surface area contributed by atoms with Gasteiger partial charge in [0.15, 0.2) is 0 Å². The van der Waals surface area contributed by atoms with Gasteiger partial charge in [-0.05, 0) is 18.5 Å². The van der Waals surface area contributed by atoms with Crippen molar-refractivity contribution in [2.75, 3.05) is 19.8 Å². The maximum Gasteiger partial charge on any atom is 0.264 e. The molecule has 1 rings (SSSR count). The van der Waals surface area contributed by atoms with Gasteiger partial charge in [0.1, 0.15) is 4.88 Å². The van der Waals surface area contributed by atoms with Crippen molar-refractivity contribution < 1.29 is 9.53 Å². The van der Waals surface area contributed by atoms with Crippen molar-refractivity contribution >= 4 is 17.4 Å². The minimum atomic E-state index is -0.163. The molecule has 1 aromatic heterocycles. The van der Waals surface area contributed by atoms with E-state index in [-0.39, 0.29) is 5.91 Å². The van der Waals surface area contributed by atoms with Gasteiger partial charge in [0.25, 0.3) is 5.91 Å². The van der Waals surface area contributed by atoms with Crippen LogP contribution in [0.3, 0.4) is 0 Å². The standard InChI is InChI=1S/C9H13N3O2S/c1-7(2)6-14-4-3-10-9(13)8-5-11-12-15-8/h5H,1,3-4,6H2,2H3,(H,10,13). The van der Waals surface area contributed by atoms with Crippen molar-refractivity contribution in [2.45, 2.75) is 6.92 Å². The summed E-state index contributed by atoms with van der Waals surface area (Å²) in [7, 11) is 0. The van der Waals surface area contributed by atoms with Crippen LogP contribution in [-0.4, -0.2) is 35.3 Å². The predicted octanol–water partition coefficient (Wildman–Crippen LogP) is 0.861. The zero-order chi connectivity index (χ0) is 11.1. The lowest BCUT2D eigenvalue weighted by Crippen LogP contribution is -2.26. The molecule has 82 valence electrons. The van der Waals surface area contributed by atoms with Crippen LogP contribution in [0.15, 0.2) is 18.3 Å². The summed E-state index contributed by atoms with van der Waals surface area (Å²) in [6.07, 6.45) is 1.44. The molecule has 1 N–H and O–H groups in total. The van der Waals surface area contributed by atoms with E-state index in [1.807, 2.05) is 6.92 Å². The molecule has 0 aliphatic rings. The van der Waals surface area contributed by atoms with Gasteiger partial charge in [-0.15, -0.1) is 5.10 Å². The number of nitrogens with one attached hydrogen (secondary N) is 1. The smallest absolute Gasteiger partial charge is 0.264 e. The number of hydrogen-bond donors (Lipinski definition) is 1. The molecule has 5 nitrogen and oxygen atoms in total. The summed E-state index contributed by atoms with van der Waals surface area (Å²) in [6, 6.07) is 0. The Morgan fingerprint density at radius 2 is 2.53 bits per heavy atom. The van der Waals surface area contributed by atoms with Gasteiger partial charge in [-0.25, -0.2) is 0 Å². The van der Waals surface area contributed by atoms with Crippen LogP contribution in [0.1, 0.15) is 16.6 Å². The van der Waals surface area contributed by atoms with E-state index in [0.29, 0.717) is 24.6 Å². The number of hydrogen-bond acceptors (Lipinski definition) is 5. The number of carbonyl (C=O) groups excluding carboxylic acids is 1. The van der Waals surface area contributed by atoms with E-state index in [9.17, 15) is 4.79 Å². The van der Waals surface area contributed by atoms with E-state index in [4.69, 9.17) is 4.74 Å². The average molecular weight is 227 g/mol. The highest BCUT2D eigenvalue weighted by Crippen LogP contribution is 2.00. The van der Waals surface area contributed by atoms with Gasteiger partial charge in [0, 0.05) is 6.54 Å². The molecular formula is C9H13N3O2S. The molecule has 0 unspecified atom stereocenters. The molecule has 0 aromatic carbocycles. The number of nitrogens with zero attached hydrogens (tertiary/aromatic N) is 2. The first-order valence-electron chi connectivity index (χ1n) is 4.48. The highest BCUT2D eigenvalue weighted by molar-refractivity contribution is 7.07. The Hall–Kier alpha value is -1.27. The largest absolute Gasteiger partial charge is 0.375 e. The van der Waals surface area contributed by atoms with Gasteiger partial charge in [0.05, 0.1) is 19.4 Å². The molecule has 0 spiro atoms. The maximum atomic E-state index is 11.3. The van der Waals surface area contributed by atoms with Gasteiger partial charge < -0.3 is 10.1 Å². The van der Waals surface area contributed by atoms with Crippen molar-refractivity contribution in [2.24, 2.45) is 0 Å². The molecule has 0 aliphatic heterocycles. The van der Waals surface area contributed by atoms with E-state index >= 15 is 0 Å². The second kappa shape index (κ2) is 6.26. The fourth-order valence-electron chi connectivity index (χ4n) is 0.837. The molecule has 15 heavy (non-hydrogen) atoms. The molecule has 0 bridgehead atoms. The highest BCUT2D eigenvalue weighted by atomic mass is 32.1. The summed E-state index contributed by atoms with van der Waals surface area (Å²) < 4.78 is 8.82. The molecule has 0 saturated carbocycles. The predicted molar refractivity (Wildman–Crippen MR) is 57.9 cm³/mol. The summed E-state index contributed by atoms with van der Waals surface area (Å²) in [6.45, 7) is 7.07. The van der Waals surface area contributed by atoms with Crippen molar-refractivity contribution in [3.05, 3.63) is 23.2 Å². The number of rotatable bonds is 6. The van der Waals surface area contributed by atoms with Crippen LogP contribution in [0.2, 0.25) is 0 Å². The SMILES string of the molecule is C=C(C)COCCNC(=O)c1cnns1. The summed E-state index contributed by atoms with van der Waals surface area (Å²) in [5, 5.41) is 6.27. The van der Waals surface area contributed by atoms with E-state index in [0.717, 1.165) is 17.1 Å². The maximum absolute atomic E-state index is 11.3. The van der Waals surface area contributed by atoms with Crippen LogP contribution < -0.4 is 5.32 Å². The van der Waals surface area contributed by atoms with E-state index in [1.54, 1.807) is 0 Å². The topological polar surface area (TPSA) is 64.1 Å². The van der Waals surface area contributed by atoms with Gasteiger partial charge in [-0.2, -0.15) is 0 Å². The first-order valence-corrected chi connectivity index (χ1v) is 5.25. The van der Waals surface area contributed by atoms with Crippen LogP contribution in [0.5, 0.6) is 0 Å². The first kappa shape index (κ1) is 11.8. The number of carbonyl (C=O) groups is 1. The summed E-state index contributed by atoms with van der Waals surface area (Å²) >= 11 is 1.07. The second-order valence-corrected chi connectivity index (χ2v) is 3.83. The monoisotopic (exact) mass is 227 g/mol. The van der Waals surface area contributed by atoms with Crippen LogP contribution in [0, 0.1) is 0 Å². The lowest BCUT2D eigenvalue weighted by atomic mass is 10.4. The summed E-state index contributed by atoms with van der Waals surface area (Å²) in [4.78, 5) is 11.9.